The van der Waals surface area contributed by atoms with Crippen molar-refractivity contribution in [2.45, 2.75) is 19.8 Å². The first-order chi connectivity index (χ1) is 12.2. The molecule has 4 aromatic rings. The molecule has 2 nitrogen and oxygen atoms in total. The van der Waals surface area contributed by atoms with Crippen LogP contribution in [-0.4, -0.2) is 9.97 Å². The number of hydrogen-bond donors (Lipinski definition) is 0. The van der Waals surface area contributed by atoms with Gasteiger partial charge in [-0.05, 0) is 17.5 Å². The molecule has 1 heterocycles. The van der Waals surface area contributed by atoms with E-state index in [2.05, 4.69) is 62.4 Å². The van der Waals surface area contributed by atoms with Gasteiger partial charge in [0.25, 0.3) is 0 Å². The molecule has 0 radical (unpaired) electrons. The quantitative estimate of drug-likeness (QED) is 0.456. The summed E-state index contributed by atoms with van der Waals surface area (Å²) in [6.45, 7) is 4.35. The van der Waals surface area contributed by atoms with Crippen LogP contribution in [0.4, 0.5) is 0 Å². The van der Waals surface area contributed by atoms with Gasteiger partial charge < -0.3 is 0 Å². The van der Waals surface area contributed by atoms with Crippen LogP contribution in [0, 0.1) is 0 Å². The zero-order chi connectivity index (χ0) is 17.2. The summed E-state index contributed by atoms with van der Waals surface area (Å²) in [5.74, 6) is 0.302. The number of hydrogen-bond acceptors (Lipinski definition) is 2. The Morgan fingerprint density at radius 3 is 1.92 bits per heavy atom. The van der Waals surface area contributed by atoms with Crippen LogP contribution in [0.2, 0.25) is 0 Å². The summed E-state index contributed by atoms with van der Waals surface area (Å²) in [4.78, 5) is 10.1. The van der Waals surface area contributed by atoms with E-state index in [9.17, 15) is 0 Å². The molecule has 0 fully saturated rings. The van der Waals surface area contributed by atoms with Gasteiger partial charge in [-0.25, -0.2) is 9.97 Å². The minimum Gasteiger partial charge on any atom is -0.248 e. The van der Waals surface area contributed by atoms with Crippen molar-refractivity contribution in [1.82, 2.24) is 9.97 Å². The maximum atomic E-state index is 5.06. The highest BCUT2D eigenvalue weighted by Crippen LogP contribution is 2.32. The van der Waals surface area contributed by atoms with E-state index in [4.69, 9.17) is 9.97 Å². The van der Waals surface area contributed by atoms with Crippen molar-refractivity contribution in [2.75, 3.05) is 0 Å². The highest BCUT2D eigenvalue weighted by atomic mass is 14.8. The highest BCUT2D eigenvalue weighted by molar-refractivity contribution is 5.92. The second-order valence-electron chi connectivity index (χ2n) is 6.52. The molecule has 25 heavy (non-hydrogen) atoms. The molecule has 0 amide bonds. The molecule has 1 aromatic heterocycles. The molecule has 0 N–H and O–H groups in total. The predicted octanol–water partition coefficient (Wildman–Crippen LogP) is 6.09. The van der Waals surface area contributed by atoms with Crippen LogP contribution in [-0.2, 0) is 0 Å². The van der Waals surface area contributed by atoms with Gasteiger partial charge in [0.15, 0.2) is 0 Å². The molecule has 4 rings (SSSR count). The number of fused-ring (bicyclic) bond motifs is 1. The van der Waals surface area contributed by atoms with Crippen LogP contribution in [0.15, 0.2) is 78.9 Å². The summed E-state index contributed by atoms with van der Waals surface area (Å²) in [5, 5.41) is 0. The van der Waals surface area contributed by atoms with Crippen LogP contribution in [0.3, 0.4) is 0 Å². The molecule has 2 heteroatoms. The van der Waals surface area contributed by atoms with E-state index in [0.29, 0.717) is 5.92 Å². The van der Waals surface area contributed by atoms with Gasteiger partial charge in [0, 0.05) is 11.1 Å². The molecular formula is C23H20N2. The summed E-state index contributed by atoms with van der Waals surface area (Å²) in [6, 6.07) is 26.9. The second-order valence-corrected chi connectivity index (χ2v) is 6.52. The van der Waals surface area contributed by atoms with E-state index in [0.717, 1.165) is 33.5 Å². The zero-order valence-corrected chi connectivity index (χ0v) is 14.5. The first-order valence-corrected chi connectivity index (χ1v) is 8.65. The number of benzene rings is 3. The minimum atomic E-state index is 0.302. The monoisotopic (exact) mass is 324 g/mol. The van der Waals surface area contributed by atoms with Crippen molar-refractivity contribution in [1.29, 1.82) is 0 Å². The average molecular weight is 324 g/mol. The minimum absolute atomic E-state index is 0.302. The molecule has 122 valence electrons. The fraction of sp³-hybridized carbons (Fsp3) is 0.130. The Morgan fingerprint density at radius 1 is 0.640 bits per heavy atom. The highest BCUT2D eigenvalue weighted by Gasteiger charge is 2.15. The number of aromatic nitrogens is 2. The second kappa shape index (κ2) is 6.48. The maximum absolute atomic E-state index is 5.06. The molecule has 0 spiro atoms. The standard InChI is InChI=1S/C23H20N2/c1-16(2)21-22(18-12-7-4-8-13-18)24-20-15-9-14-19(23(20)25-21)17-10-5-3-6-11-17/h3-16H,1-2H3. The topological polar surface area (TPSA) is 25.8 Å². The largest absolute Gasteiger partial charge is 0.248 e. The maximum Gasteiger partial charge on any atom is 0.0969 e. The Morgan fingerprint density at radius 2 is 1.28 bits per heavy atom. The van der Waals surface area contributed by atoms with Crippen molar-refractivity contribution >= 4 is 11.0 Å². The summed E-state index contributed by atoms with van der Waals surface area (Å²) in [7, 11) is 0. The third-order valence-electron chi connectivity index (χ3n) is 4.40. The molecule has 0 unspecified atom stereocenters. The van der Waals surface area contributed by atoms with Crippen LogP contribution in [0.5, 0.6) is 0 Å². The van der Waals surface area contributed by atoms with E-state index in [-0.39, 0.29) is 0 Å². The molecule has 0 saturated heterocycles. The van der Waals surface area contributed by atoms with Gasteiger partial charge in [0.05, 0.1) is 22.4 Å². The van der Waals surface area contributed by atoms with Crippen molar-refractivity contribution in [2.24, 2.45) is 0 Å². The van der Waals surface area contributed by atoms with E-state index in [1.165, 1.54) is 5.56 Å². The molecular weight excluding hydrogens is 304 g/mol. The van der Waals surface area contributed by atoms with Gasteiger partial charge in [-0.1, -0.05) is 86.6 Å². The summed E-state index contributed by atoms with van der Waals surface area (Å²) >= 11 is 0. The lowest BCUT2D eigenvalue weighted by atomic mass is 9.99. The van der Waals surface area contributed by atoms with Gasteiger partial charge in [0.1, 0.15) is 0 Å². The summed E-state index contributed by atoms with van der Waals surface area (Å²) in [5.41, 5.74) is 7.35. The first-order valence-electron chi connectivity index (χ1n) is 8.65. The van der Waals surface area contributed by atoms with Gasteiger partial charge in [-0.2, -0.15) is 0 Å². The number of para-hydroxylation sites is 1. The molecule has 0 bridgehead atoms. The third kappa shape index (κ3) is 2.91. The Bertz CT molecular complexity index is 1010. The lowest BCUT2D eigenvalue weighted by molar-refractivity contribution is 0.825. The van der Waals surface area contributed by atoms with Crippen LogP contribution >= 0.6 is 0 Å². The van der Waals surface area contributed by atoms with Gasteiger partial charge in [-0.15, -0.1) is 0 Å². The fourth-order valence-electron chi connectivity index (χ4n) is 3.15. The van der Waals surface area contributed by atoms with Crippen LogP contribution in [0.1, 0.15) is 25.5 Å². The molecule has 0 atom stereocenters. The zero-order valence-electron chi connectivity index (χ0n) is 14.5. The van der Waals surface area contributed by atoms with E-state index >= 15 is 0 Å². The Kier molecular flexibility index (Phi) is 4.02. The number of rotatable bonds is 3. The lowest BCUT2D eigenvalue weighted by Gasteiger charge is -2.14. The Labute approximate surface area is 148 Å². The van der Waals surface area contributed by atoms with Crippen LogP contribution in [0.25, 0.3) is 33.4 Å². The van der Waals surface area contributed by atoms with Crippen molar-refractivity contribution < 1.29 is 0 Å². The van der Waals surface area contributed by atoms with Gasteiger partial charge in [-0.3, -0.25) is 0 Å². The van der Waals surface area contributed by atoms with E-state index < -0.39 is 0 Å². The molecule has 0 aliphatic rings. The fourth-order valence-corrected chi connectivity index (χ4v) is 3.15. The average Bonchev–Trinajstić information content (AvgIpc) is 2.67. The first kappa shape index (κ1) is 15.5. The molecule has 0 saturated carbocycles. The molecule has 3 aromatic carbocycles. The van der Waals surface area contributed by atoms with Crippen molar-refractivity contribution in [3.63, 3.8) is 0 Å². The van der Waals surface area contributed by atoms with Crippen molar-refractivity contribution in [3.05, 3.63) is 84.6 Å². The Balaban J connectivity index is 2.00. The summed E-state index contributed by atoms with van der Waals surface area (Å²) < 4.78 is 0. The predicted molar refractivity (Wildman–Crippen MR) is 104 cm³/mol. The van der Waals surface area contributed by atoms with Gasteiger partial charge in [0.2, 0.25) is 0 Å². The van der Waals surface area contributed by atoms with Gasteiger partial charge >= 0.3 is 0 Å². The summed E-state index contributed by atoms with van der Waals surface area (Å²) in [6.07, 6.45) is 0. The molecule has 0 aliphatic heterocycles. The SMILES string of the molecule is CC(C)c1nc2c(-c3ccccc3)cccc2nc1-c1ccccc1. The third-order valence-corrected chi connectivity index (χ3v) is 4.40. The van der Waals surface area contributed by atoms with E-state index in [1.807, 2.05) is 30.3 Å². The molecule has 0 aliphatic carbocycles. The van der Waals surface area contributed by atoms with Crippen LogP contribution < -0.4 is 0 Å². The lowest BCUT2D eigenvalue weighted by Crippen LogP contribution is -2.01. The Hall–Kier alpha value is -3.00. The van der Waals surface area contributed by atoms with E-state index in [1.54, 1.807) is 0 Å². The normalized spacial score (nSPS) is 11.2. The van der Waals surface area contributed by atoms with Crippen molar-refractivity contribution in [3.8, 4) is 22.4 Å². The number of nitrogens with zero attached hydrogens (tertiary/aromatic N) is 2. The smallest absolute Gasteiger partial charge is 0.0969 e.